The number of nitrogens with one attached hydrogen (secondary N) is 2. The third-order valence-corrected chi connectivity index (χ3v) is 4.13. The van der Waals surface area contributed by atoms with Gasteiger partial charge in [-0.25, -0.2) is 20.2 Å². The van der Waals surface area contributed by atoms with E-state index in [4.69, 9.17) is 5.11 Å². The van der Waals surface area contributed by atoms with Gasteiger partial charge in [0.15, 0.2) is 0 Å². The minimum atomic E-state index is -1.23. The molecule has 0 bridgehead atoms. The number of fused-ring (bicyclic) bond motifs is 1. The largest absolute Gasteiger partial charge is 0.481 e. The Balaban J connectivity index is 2.21. The number of aliphatic carboxylic acids is 1. The minimum Gasteiger partial charge on any atom is -0.481 e. The Hall–Kier alpha value is -2.69. The second kappa shape index (κ2) is 7.92. The molecule has 2 saturated heterocycles. The lowest BCUT2D eigenvalue weighted by Gasteiger charge is -2.42. The van der Waals surface area contributed by atoms with Crippen molar-refractivity contribution in [3.05, 3.63) is 0 Å². The van der Waals surface area contributed by atoms with Gasteiger partial charge >= 0.3 is 12.0 Å². The van der Waals surface area contributed by atoms with E-state index in [2.05, 4.69) is 10.7 Å². The number of hydrogen-bond acceptors (Lipinski definition) is 6. The molecule has 0 aliphatic carbocycles. The third-order valence-electron chi connectivity index (χ3n) is 4.13. The first-order chi connectivity index (χ1) is 11.9. The van der Waals surface area contributed by atoms with Crippen LogP contribution in [0.3, 0.4) is 0 Å². The van der Waals surface area contributed by atoms with E-state index in [0.29, 0.717) is 25.7 Å². The molecular weight excluding hydrogens is 334 g/mol. The fourth-order valence-electron chi connectivity index (χ4n) is 2.92. The van der Waals surface area contributed by atoms with Crippen LogP contribution < -0.4 is 10.7 Å². The quantitative estimate of drug-likeness (QED) is 0.483. The van der Waals surface area contributed by atoms with E-state index in [1.54, 1.807) is 0 Å². The summed E-state index contributed by atoms with van der Waals surface area (Å²) >= 11 is 0. The van der Waals surface area contributed by atoms with Crippen LogP contribution in [0.1, 0.15) is 25.7 Å². The highest BCUT2D eigenvalue weighted by Gasteiger charge is 2.43. The van der Waals surface area contributed by atoms with Crippen LogP contribution >= 0.6 is 0 Å². The average molecular weight is 355 g/mol. The molecule has 0 aromatic rings. The highest BCUT2D eigenvalue weighted by atomic mass is 16.4. The van der Waals surface area contributed by atoms with E-state index in [1.807, 2.05) is 0 Å². The summed E-state index contributed by atoms with van der Waals surface area (Å²) in [6, 6.07) is -2.73. The predicted octanol–water partition coefficient (Wildman–Crippen LogP) is -1.69. The standard InChI is InChI=1S/C14H21N5O6/c1-15-17-6-4-11(21)18-5-2-3-10(19(18)14(17)25)13(24)16-9(8-20)7-12(22)23/h8-10,15H,2-7H2,1H3,(H,16,24)(H,22,23). The van der Waals surface area contributed by atoms with Gasteiger partial charge in [-0.1, -0.05) is 0 Å². The minimum absolute atomic E-state index is 0.118. The second-order valence-corrected chi connectivity index (χ2v) is 5.78. The molecule has 4 amide bonds. The highest BCUT2D eigenvalue weighted by Crippen LogP contribution is 2.23. The Kier molecular flexibility index (Phi) is 5.91. The molecular formula is C14H21N5O6. The maximum atomic E-state index is 12.7. The molecule has 2 heterocycles. The lowest BCUT2D eigenvalue weighted by atomic mass is 10.1. The molecule has 3 N–H and O–H groups in total. The van der Waals surface area contributed by atoms with Crippen molar-refractivity contribution in [2.24, 2.45) is 0 Å². The van der Waals surface area contributed by atoms with Gasteiger partial charge in [0.05, 0.1) is 12.5 Å². The fourth-order valence-corrected chi connectivity index (χ4v) is 2.92. The van der Waals surface area contributed by atoms with Crippen molar-refractivity contribution in [2.45, 2.75) is 37.8 Å². The molecule has 2 aliphatic heterocycles. The van der Waals surface area contributed by atoms with Gasteiger partial charge in [0.2, 0.25) is 11.8 Å². The number of carbonyl (C=O) groups excluding carboxylic acids is 4. The van der Waals surface area contributed by atoms with Crippen LogP contribution in [0.15, 0.2) is 0 Å². The lowest BCUT2D eigenvalue weighted by Crippen LogP contribution is -2.64. The van der Waals surface area contributed by atoms with Crippen LogP contribution in [-0.2, 0) is 19.2 Å². The molecule has 0 aromatic carbocycles. The number of aldehydes is 1. The van der Waals surface area contributed by atoms with Crippen LogP contribution in [0.25, 0.3) is 0 Å². The van der Waals surface area contributed by atoms with Gasteiger partial charge in [0, 0.05) is 26.6 Å². The number of carboxylic acids is 1. The number of nitrogens with zero attached hydrogens (tertiary/aromatic N) is 3. The summed E-state index contributed by atoms with van der Waals surface area (Å²) in [6.07, 6.45) is 0.714. The SMILES string of the molecule is CNN1CCC(=O)N2CCCC(C(=O)NC(C=O)CC(=O)O)N2C1=O. The first-order valence-corrected chi connectivity index (χ1v) is 7.95. The molecule has 0 radical (unpaired) electrons. The average Bonchev–Trinajstić information content (AvgIpc) is 2.71. The summed E-state index contributed by atoms with van der Waals surface area (Å²) in [4.78, 5) is 59.1. The van der Waals surface area contributed by atoms with E-state index in [-0.39, 0.29) is 18.9 Å². The molecule has 0 saturated carbocycles. The maximum Gasteiger partial charge on any atom is 0.353 e. The molecule has 2 rings (SSSR count). The molecule has 11 heteroatoms. The zero-order valence-corrected chi connectivity index (χ0v) is 13.8. The van der Waals surface area contributed by atoms with Gasteiger partial charge in [0.25, 0.3) is 0 Å². The highest BCUT2D eigenvalue weighted by molar-refractivity contribution is 5.92. The first kappa shape index (κ1) is 18.6. The summed E-state index contributed by atoms with van der Waals surface area (Å²) < 4.78 is 0. The van der Waals surface area contributed by atoms with Crippen LogP contribution in [0, 0.1) is 0 Å². The number of hydrogen-bond donors (Lipinski definition) is 3. The van der Waals surface area contributed by atoms with Crippen molar-refractivity contribution < 1.29 is 29.1 Å². The zero-order chi connectivity index (χ0) is 18.6. The third kappa shape index (κ3) is 4.05. The van der Waals surface area contributed by atoms with Crippen molar-refractivity contribution in [3.8, 4) is 0 Å². The predicted molar refractivity (Wildman–Crippen MR) is 82.6 cm³/mol. The van der Waals surface area contributed by atoms with Crippen LogP contribution in [0.5, 0.6) is 0 Å². The van der Waals surface area contributed by atoms with Gasteiger partial charge in [-0.2, -0.15) is 0 Å². The molecule has 25 heavy (non-hydrogen) atoms. The van der Waals surface area contributed by atoms with Crippen molar-refractivity contribution in [3.63, 3.8) is 0 Å². The lowest BCUT2D eigenvalue weighted by molar-refractivity contribution is -0.155. The molecule has 2 aliphatic rings. The molecule has 138 valence electrons. The van der Waals surface area contributed by atoms with E-state index in [9.17, 15) is 24.0 Å². The Morgan fingerprint density at radius 3 is 2.68 bits per heavy atom. The van der Waals surface area contributed by atoms with Gasteiger partial charge < -0.3 is 15.2 Å². The maximum absolute atomic E-state index is 12.7. The van der Waals surface area contributed by atoms with E-state index in [1.165, 1.54) is 17.1 Å². The molecule has 11 nitrogen and oxygen atoms in total. The fraction of sp³-hybridized carbons (Fsp3) is 0.643. The van der Waals surface area contributed by atoms with Crippen LogP contribution in [0.2, 0.25) is 0 Å². The molecule has 0 spiro atoms. The van der Waals surface area contributed by atoms with Crippen molar-refractivity contribution in [2.75, 3.05) is 20.1 Å². The number of carboxylic acid groups (broad SMARTS) is 1. The summed E-state index contributed by atoms with van der Waals surface area (Å²) in [7, 11) is 1.53. The van der Waals surface area contributed by atoms with Crippen molar-refractivity contribution in [1.29, 1.82) is 0 Å². The van der Waals surface area contributed by atoms with E-state index in [0.717, 1.165) is 5.01 Å². The Labute approximate surface area is 143 Å². The number of amides is 4. The summed E-state index contributed by atoms with van der Waals surface area (Å²) in [6.45, 7) is 0.490. The van der Waals surface area contributed by atoms with E-state index < -0.39 is 36.4 Å². The molecule has 2 unspecified atom stereocenters. The monoisotopic (exact) mass is 355 g/mol. The smallest absolute Gasteiger partial charge is 0.353 e. The first-order valence-electron chi connectivity index (χ1n) is 7.95. The van der Waals surface area contributed by atoms with Gasteiger partial charge in [-0.3, -0.25) is 19.4 Å². The number of rotatable bonds is 6. The Morgan fingerprint density at radius 1 is 1.36 bits per heavy atom. The van der Waals surface area contributed by atoms with Crippen molar-refractivity contribution in [1.82, 2.24) is 25.8 Å². The summed E-state index contributed by atoms with van der Waals surface area (Å²) in [5.74, 6) is -2.17. The number of urea groups is 1. The van der Waals surface area contributed by atoms with Crippen molar-refractivity contribution >= 4 is 30.1 Å². The molecule has 2 atom stereocenters. The normalized spacial score (nSPS) is 22.1. The van der Waals surface area contributed by atoms with Crippen LogP contribution in [-0.4, -0.2) is 82.5 Å². The summed E-state index contributed by atoms with van der Waals surface area (Å²) in [5.41, 5.74) is 2.68. The zero-order valence-electron chi connectivity index (χ0n) is 13.8. The molecule has 0 aromatic heterocycles. The topological polar surface area (TPSA) is 139 Å². The Morgan fingerprint density at radius 2 is 2.08 bits per heavy atom. The summed E-state index contributed by atoms with van der Waals surface area (Å²) in [5, 5.41) is 14.7. The van der Waals surface area contributed by atoms with Gasteiger partial charge in [-0.05, 0) is 12.8 Å². The van der Waals surface area contributed by atoms with Crippen LogP contribution in [0.4, 0.5) is 4.79 Å². The Bertz CT molecular complexity index is 582. The number of hydrazine groups is 2. The van der Waals surface area contributed by atoms with Gasteiger partial charge in [-0.15, -0.1) is 0 Å². The molecule has 2 fully saturated rings. The second-order valence-electron chi connectivity index (χ2n) is 5.78. The van der Waals surface area contributed by atoms with Gasteiger partial charge in [0.1, 0.15) is 12.3 Å². The van der Waals surface area contributed by atoms with E-state index >= 15 is 0 Å². The number of carbonyl (C=O) groups is 5.